The number of amides is 2. The summed E-state index contributed by atoms with van der Waals surface area (Å²) in [6.45, 7) is 2.29. The Bertz CT molecular complexity index is 458. The van der Waals surface area contributed by atoms with E-state index in [1.807, 2.05) is 30.3 Å². The second-order valence-corrected chi connectivity index (χ2v) is 5.26. The average molecular weight is 260 g/mol. The summed E-state index contributed by atoms with van der Waals surface area (Å²) >= 11 is 0. The molecule has 1 aliphatic heterocycles. The number of benzene rings is 1. The van der Waals surface area contributed by atoms with E-state index in [4.69, 9.17) is 0 Å². The van der Waals surface area contributed by atoms with Gasteiger partial charge in [-0.25, -0.2) is 0 Å². The van der Waals surface area contributed by atoms with Crippen molar-refractivity contribution >= 4 is 11.8 Å². The first-order chi connectivity index (χ1) is 9.10. The molecule has 0 saturated carbocycles. The van der Waals surface area contributed by atoms with Crippen molar-refractivity contribution in [3.63, 3.8) is 0 Å². The lowest BCUT2D eigenvalue weighted by Crippen LogP contribution is -2.55. The van der Waals surface area contributed by atoms with E-state index in [-0.39, 0.29) is 11.8 Å². The van der Waals surface area contributed by atoms with Gasteiger partial charge in [0.1, 0.15) is 5.54 Å². The lowest BCUT2D eigenvalue weighted by Gasteiger charge is -2.27. The second-order valence-electron chi connectivity index (χ2n) is 5.26. The first-order valence-corrected chi connectivity index (χ1v) is 6.73. The van der Waals surface area contributed by atoms with Crippen LogP contribution in [-0.4, -0.2) is 17.4 Å². The van der Waals surface area contributed by atoms with Crippen molar-refractivity contribution in [1.29, 1.82) is 0 Å². The van der Waals surface area contributed by atoms with E-state index in [2.05, 4.69) is 10.6 Å². The predicted molar refractivity (Wildman–Crippen MR) is 73.3 cm³/mol. The highest BCUT2D eigenvalue weighted by molar-refractivity contribution is 5.91. The molecule has 1 fully saturated rings. The minimum Gasteiger partial charge on any atom is -0.350 e. The second kappa shape index (κ2) is 5.87. The Morgan fingerprint density at radius 3 is 2.79 bits per heavy atom. The molecule has 1 saturated heterocycles. The zero-order valence-corrected chi connectivity index (χ0v) is 11.2. The molecule has 1 aromatic rings. The summed E-state index contributed by atoms with van der Waals surface area (Å²) in [5.41, 5.74) is 0.280. The van der Waals surface area contributed by atoms with E-state index in [1.54, 1.807) is 6.92 Å². The summed E-state index contributed by atoms with van der Waals surface area (Å²) in [4.78, 5) is 23.9. The highest BCUT2D eigenvalue weighted by atomic mass is 16.2. The van der Waals surface area contributed by atoms with Crippen LogP contribution >= 0.6 is 0 Å². The minimum atomic E-state index is -0.775. The Morgan fingerprint density at radius 1 is 1.32 bits per heavy atom. The van der Waals surface area contributed by atoms with Crippen LogP contribution in [0.1, 0.15) is 38.2 Å². The molecule has 2 amide bonds. The van der Waals surface area contributed by atoms with Gasteiger partial charge in [-0.2, -0.15) is 0 Å². The third-order valence-electron chi connectivity index (χ3n) is 3.54. The SMILES string of the molecule is CC1(C(=O)NCc2ccccc2)CCCCC(=O)N1. The maximum absolute atomic E-state index is 12.3. The fraction of sp³-hybridized carbons (Fsp3) is 0.467. The van der Waals surface area contributed by atoms with Crippen molar-refractivity contribution < 1.29 is 9.59 Å². The molecule has 0 aliphatic carbocycles. The molecule has 4 heteroatoms. The number of carbonyl (C=O) groups is 2. The average Bonchev–Trinajstić information content (AvgIpc) is 2.59. The van der Waals surface area contributed by atoms with E-state index >= 15 is 0 Å². The first-order valence-electron chi connectivity index (χ1n) is 6.73. The van der Waals surface area contributed by atoms with Crippen LogP contribution < -0.4 is 10.6 Å². The first kappa shape index (κ1) is 13.6. The quantitative estimate of drug-likeness (QED) is 0.870. The highest BCUT2D eigenvalue weighted by Gasteiger charge is 2.35. The van der Waals surface area contributed by atoms with Gasteiger partial charge >= 0.3 is 0 Å². The van der Waals surface area contributed by atoms with Gasteiger partial charge in [0.15, 0.2) is 0 Å². The molecule has 2 N–H and O–H groups in total. The lowest BCUT2D eigenvalue weighted by atomic mass is 9.95. The maximum Gasteiger partial charge on any atom is 0.245 e. The van der Waals surface area contributed by atoms with Crippen LogP contribution in [0.5, 0.6) is 0 Å². The van der Waals surface area contributed by atoms with Crippen LogP contribution in [0.4, 0.5) is 0 Å². The van der Waals surface area contributed by atoms with Gasteiger partial charge in [-0.1, -0.05) is 36.8 Å². The fourth-order valence-electron chi connectivity index (χ4n) is 2.34. The van der Waals surface area contributed by atoms with Crippen LogP contribution in [-0.2, 0) is 16.1 Å². The van der Waals surface area contributed by atoms with Crippen molar-refractivity contribution in [3.8, 4) is 0 Å². The molecular weight excluding hydrogens is 240 g/mol. The van der Waals surface area contributed by atoms with Crippen molar-refractivity contribution in [2.75, 3.05) is 0 Å². The van der Waals surface area contributed by atoms with E-state index in [9.17, 15) is 9.59 Å². The van der Waals surface area contributed by atoms with Crippen molar-refractivity contribution in [2.45, 2.75) is 44.7 Å². The van der Waals surface area contributed by atoms with Gasteiger partial charge in [-0.3, -0.25) is 9.59 Å². The molecular formula is C15H20N2O2. The van der Waals surface area contributed by atoms with E-state index in [0.717, 1.165) is 18.4 Å². The number of hydrogen-bond donors (Lipinski definition) is 2. The zero-order chi connectivity index (χ0) is 13.7. The summed E-state index contributed by atoms with van der Waals surface area (Å²) < 4.78 is 0. The molecule has 0 radical (unpaired) electrons. The van der Waals surface area contributed by atoms with E-state index in [1.165, 1.54) is 0 Å². The van der Waals surface area contributed by atoms with Crippen LogP contribution in [0.2, 0.25) is 0 Å². The third kappa shape index (κ3) is 3.56. The van der Waals surface area contributed by atoms with E-state index < -0.39 is 5.54 Å². The molecule has 1 unspecified atom stereocenters. The van der Waals surface area contributed by atoms with Gasteiger partial charge in [0, 0.05) is 13.0 Å². The molecule has 19 heavy (non-hydrogen) atoms. The Balaban J connectivity index is 1.96. The molecule has 4 nitrogen and oxygen atoms in total. The van der Waals surface area contributed by atoms with Crippen molar-refractivity contribution in [1.82, 2.24) is 10.6 Å². The normalized spacial score (nSPS) is 23.3. The maximum atomic E-state index is 12.3. The molecule has 0 bridgehead atoms. The van der Waals surface area contributed by atoms with Gasteiger partial charge in [-0.15, -0.1) is 0 Å². The predicted octanol–water partition coefficient (Wildman–Crippen LogP) is 1.75. The van der Waals surface area contributed by atoms with Crippen LogP contribution in [0.3, 0.4) is 0 Å². The lowest BCUT2D eigenvalue weighted by molar-refractivity contribution is -0.132. The standard InChI is InChI=1S/C15H20N2O2/c1-15(10-6-5-9-13(18)17-15)14(19)16-11-12-7-3-2-4-8-12/h2-4,7-8H,5-6,9-11H2,1H3,(H,16,19)(H,17,18). The van der Waals surface area contributed by atoms with Gasteiger partial charge in [-0.05, 0) is 25.3 Å². The fourth-order valence-corrected chi connectivity index (χ4v) is 2.34. The summed E-state index contributed by atoms with van der Waals surface area (Å²) in [6, 6.07) is 9.76. The molecule has 1 atom stereocenters. The van der Waals surface area contributed by atoms with Crippen LogP contribution in [0, 0.1) is 0 Å². The Hall–Kier alpha value is -1.84. The smallest absolute Gasteiger partial charge is 0.245 e. The summed E-state index contributed by atoms with van der Waals surface area (Å²) in [5.74, 6) is -0.138. The summed E-state index contributed by atoms with van der Waals surface area (Å²) in [6.07, 6.45) is 2.96. The topological polar surface area (TPSA) is 58.2 Å². The Morgan fingerprint density at radius 2 is 2.05 bits per heavy atom. The van der Waals surface area contributed by atoms with Crippen LogP contribution in [0.25, 0.3) is 0 Å². The largest absolute Gasteiger partial charge is 0.350 e. The molecule has 1 heterocycles. The minimum absolute atomic E-state index is 0.0325. The number of hydrogen-bond acceptors (Lipinski definition) is 2. The molecule has 102 valence electrons. The van der Waals surface area contributed by atoms with Crippen molar-refractivity contribution in [3.05, 3.63) is 35.9 Å². The molecule has 0 spiro atoms. The Labute approximate surface area is 113 Å². The van der Waals surface area contributed by atoms with Crippen LogP contribution in [0.15, 0.2) is 30.3 Å². The molecule has 0 aromatic heterocycles. The summed E-state index contributed by atoms with van der Waals surface area (Å²) in [7, 11) is 0. The molecule has 2 rings (SSSR count). The third-order valence-corrected chi connectivity index (χ3v) is 3.54. The number of carbonyl (C=O) groups excluding carboxylic acids is 2. The van der Waals surface area contributed by atoms with Crippen molar-refractivity contribution in [2.24, 2.45) is 0 Å². The van der Waals surface area contributed by atoms with E-state index in [0.29, 0.717) is 19.4 Å². The van der Waals surface area contributed by atoms with Gasteiger partial charge in [0.2, 0.25) is 11.8 Å². The summed E-state index contributed by atoms with van der Waals surface area (Å²) in [5, 5.41) is 5.74. The van der Waals surface area contributed by atoms with Gasteiger partial charge in [0.05, 0.1) is 0 Å². The van der Waals surface area contributed by atoms with Gasteiger partial charge < -0.3 is 10.6 Å². The monoisotopic (exact) mass is 260 g/mol. The molecule has 1 aromatic carbocycles. The zero-order valence-electron chi connectivity index (χ0n) is 11.2. The van der Waals surface area contributed by atoms with Gasteiger partial charge in [0.25, 0.3) is 0 Å². The Kier molecular flexibility index (Phi) is 4.20. The molecule has 1 aliphatic rings. The highest BCUT2D eigenvalue weighted by Crippen LogP contribution is 2.19. The number of rotatable bonds is 3. The number of nitrogens with one attached hydrogen (secondary N) is 2.